The third-order valence-electron chi connectivity index (χ3n) is 10.7. The molecule has 0 bridgehead atoms. The second-order valence-electron chi connectivity index (χ2n) is 18.5. The van der Waals surface area contributed by atoms with Crippen molar-refractivity contribution in [2.45, 2.75) is 193 Å². The lowest BCUT2D eigenvalue weighted by molar-refractivity contribution is -0.870. The molecule has 0 saturated heterocycles. The Morgan fingerprint density at radius 2 is 0.826 bits per heavy atom. The van der Waals surface area contributed by atoms with Crippen LogP contribution in [0.3, 0.4) is 0 Å². The zero-order chi connectivity index (χ0) is 50.6. The molecular weight excluding hydrogens is 882 g/mol. The summed E-state index contributed by atoms with van der Waals surface area (Å²) < 4.78 is 33.9. The van der Waals surface area contributed by atoms with Gasteiger partial charge in [-0.2, -0.15) is 0 Å². The number of ether oxygens (including phenoxy) is 2. The number of phosphoric acid groups is 1. The molecule has 0 aliphatic carbocycles. The SMILES string of the molecule is CC/C=C\C/C=C\C/C=C\C/C=C\C/C=C\C/C=C\C/C=C\C/C=C\C/C=C\C/C=C\CCCCCCC(=O)OC(COC(=O)CCCCCCCCCCCC)COP(=O)([O-])OCC[N+](C)(C)C. The smallest absolute Gasteiger partial charge is 0.306 e. The van der Waals surface area contributed by atoms with E-state index in [4.69, 9.17) is 18.5 Å². The summed E-state index contributed by atoms with van der Waals surface area (Å²) in [6.45, 7) is 4.05. The van der Waals surface area contributed by atoms with Crippen molar-refractivity contribution in [1.82, 2.24) is 0 Å². The van der Waals surface area contributed by atoms with Crippen molar-refractivity contribution in [2.75, 3.05) is 47.5 Å². The van der Waals surface area contributed by atoms with Crippen LogP contribution in [0, 0.1) is 0 Å². The average Bonchev–Trinajstić information content (AvgIpc) is 3.31. The average molecular weight is 980 g/mol. The summed E-state index contributed by atoms with van der Waals surface area (Å²) in [7, 11) is 1.13. The van der Waals surface area contributed by atoms with Crippen LogP contribution in [0.1, 0.15) is 187 Å². The summed E-state index contributed by atoms with van der Waals surface area (Å²) in [6, 6.07) is 0. The predicted octanol–water partition coefficient (Wildman–Crippen LogP) is 15.8. The number of carbonyl (C=O) groups is 2. The van der Waals surface area contributed by atoms with E-state index in [0.29, 0.717) is 17.4 Å². The highest BCUT2D eigenvalue weighted by Gasteiger charge is 2.21. The molecule has 0 spiro atoms. The minimum atomic E-state index is -4.64. The van der Waals surface area contributed by atoms with Crippen LogP contribution in [0.2, 0.25) is 0 Å². The van der Waals surface area contributed by atoms with E-state index in [1.165, 1.54) is 44.9 Å². The number of nitrogens with zero attached hydrogens (tertiary/aromatic N) is 1. The van der Waals surface area contributed by atoms with Crippen LogP contribution in [0.4, 0.5) is 0 Å². The number of quaternary nitrogens is 1. The Balaban J connectivity index is 4.21. The molecule has 0 aliphatic heterocycles. The van der Waals surface area contributed by atoms with E-state index < -0.39 is 32.5 Å². The lowest BCUT2D eigenvalue weighted by Crippen LogP contribution is -2.37. The maximum absolute atomic E-state index is 12.7. The van der Waals surface area contributed by atoms with Crippen LogP contribution in [-0.4, -0.2) is 70.0 Å². The Kier molecular flexibility index (Phi) is 46.8. The van der Waals surface area contributed by atoms with Crippen molar-refractivity contribution < 1.29 is 42.1 Å². The molecule has 10 heteroatoms. The Labute approximate surface area is 422 Å². The van der Waals surface area contributed by atoms with Crippen molar-refractivity contribution in [3.63, 3.8) is 0 Å². The lowest BCUT2D eigenvalue weighted by Gasteiger charge is -2.28. The molecule has 0 rings (SSSR count). The normalized spacial score (nSPS) is 14.3. The molecule has 0 aromatic rings. The summed E-state index contributed by atoms with van der Waals surface area (Å²) in [5.74, 6) is -0.874. The molecule has 0 N–H and O–H groups in total. The highest BCUT2D eigenvalue weighted by atomic mass is 31.2. The van der Waals surface area contributed by atoms with Gasteiger partial charge in [-0.25, -0.2) is 0 Å². The molecule has 9 nitrogen and oxygen atoms in total. The van der Waals surface area contributed by atoms with Crippen molar-refractivity contribution in [1.29, 1.82) is 0 Å². The zero-order valence-corrected chi connectivity index (χ0v) is 45.1. The highest BCUT2D eigenvalue weighted by Crippen LogP contribution is 2.38. The third-order valence-corrected chi connectivity index (χ3v) is 11.7. The van der Waals surface area contributed by atoms with Crippen LogP contribution in [-0.2, 0) is 32.7 Å². The first-order valence-electron chi connectivity index (χ1n) is 26.7. The van der Waals surface area contributed by atoms with Gasteiger partial charge in [0.1, 0.15) is 19.8 Å². The summed E-state index contributed by atoms with van der Waals surface area (Å²) in [6.07, 6.45) is 69.7. The maximum Gasteiger partial charge on any atom is 0.306 e. The van der Waals surface area contributed by atoms with Gasteiger partial charge in [-0.3, -0.25) is 14.2 Å². The van der Waals surface area contributed by atoms with E-state index in [1.807, 2.05) is 21.1 Å². The number of hydrogen-bond acceptors (Lipinski definition) is 8. The van der Waals surface area contributed by atoms with Crippen LogP contribution >= 0.6 is 7.82 Å². The first-order valence-corrected chi connectivity index (χ1v) is 28.2. The molecule has 0 aromatic heterocycles. The van der Waals surface area contributed by atoms with E-state index in [0.717, 1.165) is 109 Å². The monoisotopic (exact) mass is 980 g/mol. The van der Waals surface area contributed by atoms with Crippen LogP contribution in [0.25, 0.3) is 0 Å². The number of unbranched alkanes of at least 4 members (excludes halogenated alkanes) is 13. The molecule has 0 fully saturated rings. The van der Waals surface area contributed by atoms with Gasteiger partial charge in [0.15, 0.2) is 6.10 Å². The maximum atomic E-state index is 12.7. The minimum absolute atomic E-state index is 0.0416. The predicted molar refractivity (Wildman–Crippen MR) is 291 cm³/mol. The molecule has 2 unspecified atom stereocenters. The molecule has 0 radical (unpaired) electrons. The molecule has 0 saturated carbocycles. The van der Waals surface area contributed by atoms with Crippen molar-refractivity contribution in [3.05, 3.63) is 122 Å². The number of carbonyl (C=O) groups excluding carboxylic acids is 2. The first kappa shape index (κ1) is 65.4. The van der Waals surface area contributed by atoms with Crippen molar-refractivity contribution >= 4 is 19.8 Å². The van der Waals surface area contributed by atoms with E-state index in [2.05, 4.69) is 135 Å². The number of esters is 2. The molecule has 0 amide bonds. The Bertz CT molecular complexity index is 1580. The second kappa shape index (κ2) is 49.4. The van der Waals surface area contributed by atoms with E-state index in [-0.39, 0.29) is 26.1 Å². The van der Waals surface area contributed by atoms with Gasteiger partial charge < -0.3 is 27.9 Å². The van der Waals surface area contributed by atoms with Crippen LogP contribution in [0.5, 0.6) is 0 Å². The van der Waals surface area contributed by atoms with Gasteiger partial charge in [0.05, 0.1) is 27.7 Å². The molecule has 2 atom stereocenters. The van der Waals surface area contributed by atoms with Crippen LogP contribution in [0.15, 0.2) is 122 Å². The van der Waals surface area contributed by atoms with Gasteiger partial charge >= 0.3 is 11.9 Å². The first-order chi connectivity index (χ1) is 33.5. The Morgan fingerprint density at radius 3 is 1.23 bits per heavy atom. The Morgan fingerprint density at radius 1 is 0.464 bits per heavy atom. The summed E-state index contributed by atoms with van der Waals surface area (Å²) in [5.41, 5.74) is 0. The zero-order valence-electron chi connectivity index (χ0n) is 44.2. The number of hydrogen-bond donors (Lipinski definition) is 0. The topological polar surface area (TPSA) is 111 Å². The fraction of sp³-hybridized carbons (Fsp3) is 0.627. The second-order valence-corrected chi connectivity index (χ2v) is 19.9. The van der Waals surface area contributed by atoms with Crippen molar-refractivity contribution in [2.24, 2.45) is 0 Å². The highest BCUT2D eigenvalue weighted by molar-refractivity contribution is 7.45. The quantitative estimate of drug-likeness (QED) is 0.0195. The summed E-state index contributed by atoms with van der Waals surface area (Å²) in [4.78, 5) is 37.6. The van der Waals surface area contributed by atoms with Gasteiger partial charge in [-0.05, 0) is 89.9 Å². The number of phosphoric ester groups is 1. The van der Waals surface area contributed by atoms with Gasteiger partial charge in [0.2, 0.25) is 0 Å². The lowest BCUT2D eigenvalue weighted by atomic mass is 10.1. The minimum Gasteiger partial charge on any atom is -0.756 e. The van der Waals surface area contributed by atoms with Crippen molar-refractivity contribution in [3.8, 4) is 0 Å². The largest absolute Gasteiger partial charge is 0.756 e. The fourth-order valence-electron chi connectivity index (χ4n) is 6.62. The van der Waals surface area contributed by atoms with Gasteiger partial charge in [0, 0.05) is 12.8 Å². The fourth-order valence-corrected chi connectivity index (χ4v) is 7.35. The molecule has 392 valence electrons. The van der Waals surface area contributed by atoms with Crippen LogP contribution < -0.4 is 4.89 Å². The Hall–Kier alpha value is -3.59. The van der Waals surface area contributed by atoms with Gasteiger partial charge in [-0.15, -0.1) is 0 Å². The third kappa shape index (κ3) is 53.6. The standard InChI is InChI=1S/C59H98NO8P/c1-6-8-10-12-14-16-18-19-20-21-22-23-24-25-26-27-28-29-30-31-32-33-34-35-36-37-38-39-40-41-42-44-46-48-50-52-59(62)68-57(56-67-69(63,64)66-54-53-60(3,4)5)55-65-58(61)51-49-47-45-43-17-15-13-11-9-7-2/h8,10,14,16,19-20,22-23,25-26,28-29,31-32,34-35,37-38,40-41,57H,6-7,9,11-13,15,17-18,21,24,27,30,33,36,39,42-56H2,1-5H3/b10-8-,16-14-,20-19-,23-22-,26-25-,29-28-,32-31-,35-34-,38-37-,41-40-. The summed E-state index contributed by atoms with van der Waals surface area (Å²) >= 11 is 0. The van der Waals surface area contributed by atoms with E-state index >= 15 is 0 Å². The number of allylic oxidation sites excluding steroid dienone is 20. The number of likely N-dealkylation sites (N-methyl/N-ethyl adjacent to an activating group) is 1. The molecule has 0 aliphatic rings. The molecule has 0 aromatic carbocycles. The summed E-state index contributed by atoms with van der Waals surface area (Å²) in [5, 5.41) is 0. The molecular formula is C59H98NO8P. The van der Waals surface area contributed by atoms with Gasteiger partial charge in [-0.1, -0.05) is 206 Å². The van der Waals surface area contributed by atoms with Gasteiger partial charge in [0.25, 0.3) is 7.82 Å². The molecule has 0 heterocycles. The van der Waals surface area contributed by atoms with E-state index in [9.17, 15) is 19.0 Å². The molecule has 69 heavy (non-hydrogen) atoms. The number of rotatable bonds is 47. The van der Waals surface area contributed by atoms with E-state index in [1.54, 1.807) is 0 Å².